The number of halogens is 1. The molecule has 2 aliphatic rings. The van der Waals surface area contributed by atoms with Crippen LogP contribution in [-0.2, 0) is 10.3 Å². The second kappa shape index (κ2) is 4.81. The van der Waals surface area contributed by atoms with Crippen molar-refractivity contribution in [3.8, 4) is 6.07 Å². The van der Waals surface area contributed by atoms with E-state index in [1.807, 2.05) is 13.1 Å². The second-order valence-electron chi connectivity index (χ2n) is 5.79. The minimum absolute atomic E-state index is 0.126. The van der Waals surface area contributed by atoms with Crippen LogP contribution in [0.2, 0.25) is 0 Å². The second-order valence-corrected chi connectivity index (χ2v) is 5.79. The predicted octanol–water partition coefficient (Wildman–Crippen LogP) is 1.38. The van der Waals surface area contributed by atoms with Gasteiger partial charge in [-0.15, -0.1) is 0 Å². The normalized spacial score (nSPS) is 33.7. The quantitative estimate of drug-likeness (QED) is 0.842. The van der Waals surface area contributed by atoms with Gasteiger partial charge in [-0.2, -0.15) is 5.26 Å². The maximum absolute atomic E-state index is 13.6. The molecule has 2 saturated heterocycles. The lowest BCUT2D eigenvalue weighted by Gasteiger charge is -2.50. The van der Waals surface area contributed by atoms with Crippen molar-refractivity contribution in [3.05, 3.63) is 35.1 Å². The summed E-state index contributed by atoms with van der Waals surface area (Å²) in [7, 11) is 2.03. The van der Waals surface area contributed by atoms with Gasteiger partial charge >= 0.3 is 0 Å². The Morgan fingerprint density at radius 1 is 1.35 bits per heavy atom. The zero-order valence-electron chi connectivity index (χ0n) is 11.3. The number of benzene rings is 1. The van der Waals surface area contributed by atoms with Crippen molar-refractivity contribution in [3.63, 3.8) is 0 Å². The van der Waals surface area contributed by atoms with Gasteiger partial charge in [0.2, 0.25) is 0 Å². The first-order valence-electron chi connectivity index (χ1n) is 6.75. The van der Waals surface area contributed by atoms with Crippen molar-refractivity contribution in [2.24, 2.45) is 0 Å². The van der Waals surface area contributed by atoms with Crippen molar-refractivity contribution in [1.82, 2.24) is 4.90 Å². The molecule has 1 aromatic carbocycles. The van der Waals surface area contributed by atoms with Gasteiger partial charge in [0.15, 0.2) is 0 Å². The molecule has 0 saturated carbocycles. The summed E-state index contributed by atoms with van der Waals surface area (Å²) in [5.41, 5.74) is -0.341. The van der Waals surface area contributed by atoms with Gasteiger partial charge in [0.25, 0.3) is 0 Å². The monoisotopic (exact) mass is 276 g/mol. The number of hydrogen-bond acceptors (Lipinski definition) is 4. The number of nitrogens with zero attached hydrogens (tertiary/aromatic N) is 2. The molecule has 2 unspecified atom stereocenters. The zero-order valence-corrected chi connectivity index (χ0v) is 11.3. The van der Waals surface area contributed by atoms with Crippen molar-refractivity contribution < 1.29 is 14.2 Å². The Labute approximate surface area is 117 Å². The third-order valence-electron chi connectivity index (χ3n) is 4.48. The summed E-state index contributed by atoms with van der Waals surface area (Å²) < 4.78 is 19.1. The van der Waals surface area contributed by atoms with Crippen LogP contribution in [0.15, 0.2) is 18.2 Å². The molecule has 4 nitrogen and oxygen atoms in total. The Morgan fingerprint density at radius 3 is 2.60 bits per heavy atom. The first-order chi connectivity index (χ1) is 9.51. The van der Waals surface area contributed by atoms with Crippen molar-refractivity contribution in [1.29, 1.82) is 5.26 Å². The molecular weight excluding hydrogens is 259 g/mol. The summed E-state index contributed by atoms with van der Waals surface area (Å²) >= 11 is 0. The molecule has 1 aromatic rings. The highest BCUT2D eigenvalue weighted by Gasteiger charge is 2.45. The van der Waals surface area contributed by atoms with Gasteiger partial charge in [0, 0.05) is 12.1 Å². The minimum atomic E-state index is -1.08. The van der Waals surface area contributed by atoms with E-state index < -0.39 is 11.4 Å². The summed E-state index contributed by atoms with van der Waals surface area (Å²) in [6.45, 7) is 1.16. The lowest BCUT2D eigenvalue weighted by Crippen LogP contribution is -2.59. The molecule has 2 heterocycles. The van der Waals surface area contributed by atoms with Gasteiger partial charge < -0.3 is 9.84 Å². The highest BCUT2D eigenvalue weighted by molar-refractivity contribution is 5.37. The molecule has 0 aromatic heterocycles. The van der Waals surface area contributed by atoms with Crippen LogP contribution < -0.4 is 0 Å². The Balaban J connectivity index is 1.97. The summed E-state index contributed by atoms with van der Waals surface area (Å²) in [5, 5.41) is 19.9. The Kier molecular flexibility index (Phi) is 3.25. The average molecular weight is 276 g/mol. The average Bonchev–Trinajstić information content (AvgIpc) is 2.40. The van der Waals surface area contributed by atoms with Gasteiger partial charge in [-0.25, -0.2) is 4.39 Å². The van der Waals surface area contributed by atoms with Crippen LogP contribution in [0.4, 0.5) is 4.39 Å². The molecule has 0 radical (unpaired) electrons. The van der Waals surface area contributed by atoms with E-state index in [-0.39, 0.29) is 17.6 Å². The molecule has 0 aliphatic carbocycles. The molecular formula is C15H17FN2O2. The number of piperidine rings is 1. The molecule has 1 N–H and O–H groups in total. The summed E-state index contributed by atoms with van der Waals surface area (Å²) in [6, 6.07) is 6.30. The van der Waals surface area contributed by atoms with Gasteiger partial charge in [0.1, 0.15) is 5.82 Å². The molecule has 3 rings (SSSR count). The number of rotatable bonds is 1. The fourth-order valence-electron chi connectivity index (χ4n) is 3.30. The number of hydrogen-bond donors (Lipinski definition) is 1. The van der Waals surface area contributed by atoms with Crippen LogP contribution >= 0.6 is 0 Å². The molecule has 5 heteroatoms. The van der Waals surface area contributed by atoms with Crippen molar-refractivity contribution in [2.45, 2.75) is 30.5 Å². The number of fused-ring (bicyclic) bond motifs is 2. The van der Waals surface area contributed by atoms with E-state index in [1.165, 1.54) is 12.1 Å². The first kappa shape index (κ1) is 13.5. The fraction of sp³-hybridized carbons (Fsp3) is 0.533. The standard InChI is InChI=1S/C15H17FN2O2/c1-18-13-5-15(19,6-14(18)9-20-8-13)11-2-10(7-17)3-12(16)4-11/h2-4,13-14,19H,5-6,8-9H2,1H3. The van der Waals surface area contributed by atoms with E-state index in [1.54, 1.807) is 6.07 Å². The topological polar surface area (TPSA) is 56.5 Å². The van der Waals surface area contributed by atoms with Crippen LogP contribution in [-0.4, -0.2) is 42.4 Å². The van der Waals surface area contributed by atoms with E-state index in [9.17, 15) is 9.50 Å². The molecule has 2 fully saturated rings. The maximum Gasteiger partial charge on any atom is 0.124 e. The number of ether oxygens (including phenoxy) is 1. The molecule has 2 bridgehead atoms. The molecule has 20 heavy (non-hydrogen) atoms. The molecule has 2 aliphatic heterocycles. The molecule has 0 spiro atoms. The third-order valence-corrected chi connectivity index (χ3v) is 4.48. The summed E-state index contributed by atoms with van der Waals surface area (Å²) in [5.74, 6) is -0.479. The maximum atomic E-state index is 13.6. The van der Waals surface area contributed by atoms with E-state index >= 15 is 0 Å². The third kappa shape index (κ3) is 2.20. The fourth-order valence-corrected chi connectivity index (χ4v) is 3.30. The highest BCUT2D eigenvalue weighted by atomic mass is 19.1. The lowest BCUT2D eigenvalue weighted by atomic mass is 9.77. The van der Waals surface area contributed by atoms with Crippen LogP contribution in [0.25, 0.3) is 0 Å². The molecule has 0 amide bonds. The highest BCUT2D eigenvalue weighted by Crippen LogP contribution is 2.40. The molecule has 2 atom stereocenters. The van der Waals surface area contributed by atoms with Crippen molar-refractivity contribution >= 4 is 0 Å². The Bertz CT molecular complexity index is 555. The smallest absolute Gasteiger partial charge is 0.124 e. The minimum Gasteiger partial charge on any atom is -0.385 e. The molecule has 106 valence electrons. The van der Waals surface area contributed by atoms with Gasteiger partial charge in [0.05, 0.1) is 30.4 Å². The van der Waals surface area contributed by atoms with Gasteiger partial charge in [-0.3, -0.25) is 4.90 Å². The van der Waals surface area contributed by atoms with E-state index in [0.29, 0.717) is 31.6 Å². The van der Waals surface area contributed by atoms with Crippen LogP contribution in [0.3, 0.4) is 0 Å². The number of nitriles is 1. The van der Waals surface area contributed by atoms with Crippen molar-refractivity contribution in [2.75, 3.05) is 20.3 Å². The van der Waals surface area contributed by atoms with E-state index in [0.717, 1.165) is 0 Å². The van der Waals surface area contributed by atoms with Crippen LogP contribution in [0.5, 0.6) is 0 Å². The van der Waals surface area contributed by atoms with Crippen LogP contribution in [0, 0.1) is 17.1 Å². The zero-order chi connectivity index (χ0) is 14.3. The van der Waals surface area contributed by atoms with Gasteiger partial charge in [-0.05, 0) is 43.7 Å². The van der Waals surface area contributed by atoms with Crippen LogP contribution in [0.1, 0.15) is 24.0 Å². The SMILES string of the molecule is CN1C2COCC1CC(O)(c1cc(F)cc(C#N)c1)C2. The summed E-state index contributed by atoms with van der Waals surface area (Å²) in [4.78, 5) is 2.22. The first-order valence-corrected chi connectivity index (χ1v) is 6.75. The Morgan fingerprint density at radius 2 is 2.00 bits per heavy atom. The Hall–Kier alpha value is -1.48. The number of aliphatic hydroxyl groups is 1. The number of likely N-dealkylation sites (N-methyl/N-ethyl adjacent to an activating group) is 1. The largest absolute Gasteiger partial charge is 0.385 e. The van der Waals surface area contributed by atoms with Gasteiger partial charge in [-0.1, -0.05) is 0 Å². The van der Waals surface area contributed by atoms with E-state index in [2.05, 4.69) is 4.90 Å². The number of morpholine rings is 1. The van der Waals surface area contributed by atoms with E-state index in [4.69, 9.17) is 10.00 Å². The lowest BCUT2D eigenvalue weighted by molar-refractivity contribution is -0.137. The predicted molar refractivity (Wildman–Crippen MR) is 70.4 cm³/mol. The summed E-state index contributed by atoms with van der Waals surface area (Å²) in [6.07, 6.45) is 0.989.